The molecule has 1 amide bonds. The van der Waals surface area contributed by atoms with Crippen molar-refractivity contribution < 1.29 is 4.79 Å². The summed E-state index contributed by atoms with van der Waals surface area (Å²) in [5.41, 5.74) is 0.671. The lowest BCUT2D eigenvalue weighted by Gasteiger charge is -2.43. The van der Waals surface area contributed by atoms with Gasteiger partial charge in [-0.25, -0.2) is 0 Å². The van der Waals surface area contributed by atoms with Gasteiger partial charge in [0.05, 0.1) is 0 Å². The molecule has 2 aliphatic carbocycles. The van der Waals surface area contributed by atoms with Crippen molar-refractivity contribution >= 4 is 5.91 Å². The molecule has 98 valence electrons. The van der Waals surface area contributed by atoms with Crippen LogP contribution in [-0.4, -0.2) is 11.9 Å². The molecule has 0 radical (unpaired) electrons. The molecule has 0 unspecified atom stereocenters. The van der Waals surface area contributed by atoms with Crippen molar-refractivity contribution in [2.75, 3.05) is 0 Å². The number of nitrogens with one attached hydrogen (secondary N) is 1. The normalized spacial score (nSPS) is 24.8. The Balaban J connectivity index is 1.75. The van der Waals surface area contributed by atoms with Crippen molar-refractivity contribution in [2.45, 2.75) is 83.6 Å². The van der Waals surface area contributed by atoms with Crippen LogP contribution in [0.1, 0.15) is 77.6 Å². The Labute approximate surface area is 106 Å². The molecule has 2 saturated carbocycles. The van der Waals surface area contributed by atoms with Crippen LogP contribution in [0.25, 0.3) is 0 Å². The molecule has 2 aliphatic rings. The Kier molecular flexibility index (Phi) is 4.47. The molecule has 2 fully saturated rings. The molecule has 2 rings (SSSR count). The molecular formula is C15H27NO. The fraction of sp³-hybridized carbons (Fsp3) is 0.933. The zero-order valence-electron chi connectivity index (χ0n) is 11.3. The van der Waals surface area contributed by atoms with Gasteiger partial charge in [-0.2, -0.15) is 0 Å². The van der Waals surface area contributed by atoms with E-state index >= 15 is 0 Å². The van der Waals surface area contributed by atoms with Gasteiger partial charge >= 0.3 is 0 Å². The topological polar surface area (TPSA) is 29.1 Å². The van der Waals surface area contributed by atoms with E-state index in [4.69, 9.17) is 0 Å². The van der Waals surface area contributed by atoms with E-state index in [2.05, 4.69) is 12.2 Å². The Morgan fingerprint density at radius 1 is 1.12 bits per heavy atom. The van der Waals surface area contributed by atoms with Gasteiger partial charge in [0, 0.05) is 12.5 Å². The van der Waals surface area contributed by atoms with Crippen molar-refractivity contribution in [1.29, 1.82) is 0 Å². The van der Waals surface area contributed by atoms with Gasteiger partial charge in [0.25, 0.3) is 0 Å². The summed E-state index contributed by atoms with van der Waals surface area (Å²) in [7, 11) is 0. The van der Waals surface area contributed by atoms with Crippen LogP contribution in [0.4, 0.5) is 0 Å². The summed E-state index contributed by atoms with van der Waals surface area (Å²) in [6, 6.07) is 0.474. The maximum atomic E-state index is 11.6. The quantitative estimate of drug-likeness (QED) is 0.795. The van der Waals surface area contributed by atoms with Crippen LogP contribution >= 0.6 is 0 Å². The molecule has 1 spiro atoms. The Bertz CT molecular complexity index is 246. The number of carbonyl (C=O) groups is 1. The average Bonchev–Trinajstić information content (AvgIpc) is 2.34. The van der Waals surface area contributed by atoms with Gasteiger partial charge in [-0.3, -0.25) is 4.79 Å². The molecule has 1 N–H and O–H groups in total. The van der Waals surface area contributed by atoms with E-state index in [-0.39, 0.29) is 5.91 Å². The van der Waals surface area contributed by atoms with E-state index in [0.29, 0.717) is 17.9 Å². The van der Waals surface area contributed by atoms with Gasteiger partial charge in [0.15, 0.2) is 0 Å². The second-order valence-electron chi connectivity index (χ2n) is 6.15. The van der Waals surface area contributed by atoms with Crippen molar-refractivity contribution in [3.8, 4) is 0 Å². The zero-order chi connectivity index (χ0) is 12.1. The lowest BCUT2D eigenvalue weighted by molar-refractivity contribution is -0.122. The van der Waals surface area contributed by atoms with Gasteiger partial charge in [-0.1, -0.05) is 26.2 Å². The molecule has 0 aromatic heterocycles. The number of hydrogen-bond acceptors (Lipinski definition) is 1. The Morgan fingerprint density at radius 2 is 1.76 bits per heavy atom. The predicted molar refractivity (Wildman–Crippen MR) is 70.8 cm³/mol. The third-order valence-electron chi connectivity index (χ3n) is 4.80. The molecule has 17 heavy (non-hydrogen) atoms. The summed E-state index contributed by atoms with van der Waals surface area (Å²) in [4.78, 5) is 11.6. The monoisotopic (exact) mass is 237 g/mol. The van der Waals surface area contributed by atoms with E-state index in [1.54, 1.807) is 0 Å². The minimum absolute atomic E-state index is 0.261. The Hall–Kier alpha value is -0.530. The predicted octanol–water partition coefficient (Wildman–Crippen LogP) is 3.80. The molecule has 2 nitrogen and oxygen atoms in total. The molecule has 0 aliphatic heterocycles. The van der Waals surface area contributed by atoms with E-state index < -0.39 is 0 Å². The number of hydrogen-bond donors (Lipinski definition) is 1. The molecule has 0 aromatic carbocycles. The largest absolute Gasteiger partial charge is 0.353 e. The first-order chi connectivity index (χ1) is 8.24. The van der Waals surface area contributed by atoms with Crippen molar-refractivity contribution in [3.63, 3.8) is 0 Å². The van der Waals surface area contributed by atoms with Crippen LogP contribution in [0, 0.1) is 5.41 Å². The van der Waals surface area contributed by atoms with Crippen molar-refractivity contribution in [2.24, 2.45) is 5.41 Å². The zero-order valence-corrected chi connectivity index (χ0v) is 11.3. The maximum absolute atomic E-state index is 11.6. The minimum Gasteiger partial charge on any atom is -0.353 e. The smallest absolute Gasteiger partial charge is 0.220 e. The molecule has 0 aromatic rings. The summed E-state index contributed by atoms with van der Waals surface area (Å²) < 4.78 is 0. The molecule has 0 bridgehead atoms. The highest BCUT2D eigenvalue weighted by atomic mass is 16.1. The van der Waals surface area contributed by atoms with Crippen LogP contribution in [-0.2, 0) is 4.79 Å². The minimum atomic E-state index is 0.261. The van der Waals surface area contributed by atoms with Crippen molar-refractivity contribution in [3.05, 3.63) is 0 Å². The second-order valence-corrected chi connectivity index (χ2v) is 6.15. The Morgan fingerprint density at radius 3 is 2.35 bits per heavy atom. The fourth-order valence-electron chi connectivity index (χ4n) is 3.70. The van der Waals surface area contributed by atoms with E-state index in [1.165, 1.54) is 57.8 Å². The summed E-state index contributed by atoms with van der Waals surface area (Å²) in [5.74, 6) is 0.261. The summed E-state index contributed by atoms with van der Waals surface area (Å²) in [5, 5.41) is 3.20. The molecule has 0 atom stereocenters. The van der Waals surface area contributed by atoms with Crippen LogP contribution < -0.4 is 5.32 Å². The second kappa shape index (κ2) is 5.88. The third-order valence-corrected chi connectivity index (χ3v) is 4.80. The van der Waals surface area contributed by atoms with Gasteiger partial charge in [-0.15, -0.1) is 0 Å². The van der Waals surface area contributed by atoms with Crippen molar-refractivity contribution in [1.82, 2.24) is 5.32 Å². The molecule has 0 heterocycles. The summed E-state index contributed by atoms with van der Waals surface area (Å²) in [6.07, 6.45) is 14.0. The molecular weight excluding hydrogens is 210 g/mol. The first kappa shape index (κ1) is 12.9. The first-order valence-electron chi connectivity index (χ1n) is 7.53. The van der Waals surface area contributed by atoms with Crippen LogP contribution in [0.3, 0.4) is 0 Å². The van der Waals surface area contributed by atoms with Gasteiger partial charge in [0.1, 0.15) is 0 Å². The highest BCUT2D eigenvalue weighted by molar-refractivity contribution is 5.76. The lowest BCUT2D eigenvalue weighted by atomic mass is 9.64. The molecule has 0 saturated heterocycles. The summed E-state index contributed by atoms with van der Waals surface area (Å²) in [6.45, 7) is 2.07. The van der Waals surface area contributed by atoms with E-state index in [1.807, 2.05) is 0 Å². The number of rotatable bonds is 3. The van der Waals surface area contributed by atoms with E-state index in [9.17, 15) is 4.79 Å². The number of amides is 1. The van der Waals surface area contributed by atoms with Crippen LogP contribution in [0.5, 0.6) is 0 Å². The summed E-state index contributed by atoms with van der Waals surface area (Å²) >= 11 is 0. The van der Waals surface area contributed by atoms with Gasteiger partial charge < -0.3 is 5.32 Å². The SMILES string of the molecule is CCCC(=O)NC1CCC2(CCCCC2)CC1. The van der Waals surface area contributed by atoms with E-state index in [0.717, 1.165) is 6.42 Å². The fourth-order valence-corrected chi connectivity index (χ4v) is 3.70. The van der Waals surface area contributed by atoms with Crippen LogP contribution in [0.15, 0.2) is 0 Å². The first-order valence-corrected chi connectivity index (χ1v) is 7.53. The maximum Gasteiger partial charge on any atom is 0.220 e. The van der Waals surface area contributed by atoms with Gasteiger partial charge in [0.2, 0.25) is 5.91 Å². The lowest BCUT2D eigenvalue weighted by Crippen LogP contribution is -2.41. The third kappa shape index (κ3) is 3.46. The van der Waals surface area contributed by atoms with Crippen LogP contribution in [0.2, 0.25) is 0 Å². The van der Waals surface area contributed by atoms with Gasteiger partial charge in [-0.05, 0) is 50.4 Å². The highest BCUT2D eigenvalue weighted by Gasteiger charge is 2.36. The average molecular weight is 237 g/mol. The number of carbonyl (C=O) groups excluding carboxylic acids is 1. The standard InChI is InChI=1S/C15H27NO/c1-2-6-14(17)16-13-7-11-15(12-8-13)9-4-3-5-10-15/h13H,2-12H2,1H3,(H,16,17). The highest BCUT2D eigenvalue weighted by Crippen LogP contribution is 2.47. The molecule has 2 heteroatoms.